The molecule has 0 amide bonds. The number of benzene rings is 5. The normalized spacial score (nSPS) is 12.0. The smallest absolute Gasteiger partial charge is 0.0146 e. The number of hydrogen-bond acceptors (Lipinski definition) is 0. The second-order valence-corrected chi connectivity index (χ2v) is 10.2. The summed E-state index contributed by atoms with van der Waals surface area (Å²) in [6.45, 7) is 12.4. The minimum atomic E-state index is 0. The van der Waals surface area contributed by atoms with Crippen LogP contribution >= 0.6 is 0 Å². The Labute approximate surface area is 250 Å². The lowest BCUT2D eigenvalue weighted by atomic mass is 9.76. The van der Waals surface area contributed by atoms with E-state index >= 15 is 0 Å². The monoisotopic (exact) mass is 540 g/mol. The summed E-state index contributed by atoms with van der Waals surface area (Å²) in [4.78, 5) is 0. The maximum Gasteiger partial charge on any atom is -0.0146 e. The zero-order valence-electron chi connectivity index (χ0n) is 25.2. The Balaban J connectivity index is 0.000000887. The van der Waals surface area contributed by atoms with Gasteiger partial charge in [-0.25, -0.2) is 0 Å². The molecule has 0 aliphatic heterocycles. The Morgan fingerprint density at radius 3 is 1.34 bits per heavy atom. The van der Waals surface area contributed by atoms with Crippen molar-refractivity contribution in [2.45, 2.75) is 74.1 Å². The highest BCUT2D eigenvalue weighted by Gasteiger charge is 2.23. The van der Waals surface area contributed by atoms with Gasteiger partial charge in [-0.1, -0.05) is 162 Å². The van der Waals surface area contributed by atoms with Gasteiger partial charge in [-0.15, -0.1) is 0 Å². The Morgan fingerprint density at radius 2 is 0.854 bits per heavy atom. The van der Waals surface area contributed by atoms with Crippen LogP contribution in [0, 0.1) is 13.8 Å². The van der Waals surface area contributed by atoms with E-state index in [2.05, 4.69) is 129 Å². The second-order valence-electron chi connectivity index (χ2n) is 10.2. The van der Waals surface area contributed by atoms with Gasteiger partial charge < -0.3 is 0 Å². The first-order valence-electron chi connectivity index (χ1n) is 15.1. The van der Waals surface area contributed by atoms with E-state index in [-0.39, 0.29) is 7.43 Å². The molecule has 1 saturated carbocycles. The van der Waals surface area contributed by atoms with E-state index in [4.69, 9.17) is 0 Å². The summed E-state index contributed by atoms with van der Waals surface area (Å²) in [6.07, 6.45) is 4.01. The lowest BCUT2D eigenvalue weighted by molar-refractivity contribution is 0.420. The van der Waals surface area contributed by atoms with Crippen LogP contribution < -0.4 is 0 Å². The van der Waals surface area contributed by atoms with E-state index in [1.54, 1.807) is 0 Å². The van der Waals surface area contributed by atoms with Gasteiger partial charge in [0.1, 0.15) is 0 Å². The highest BCUT2D eigenvalue weighted by atomic mass is 14.3. The summed E-state index contributed by atoms with van der Waals surface area (Å²) in [6, 6.07) is 42.5. The Hall–Kier alpha value is -3.90. The summed E-state index contributed by atoms with van der Waals surface area (Å²) in [5.74, 6) is 0.723. The number of rotatable bonds is 5. The second kappa shape index (κ2) is 15.2. The molecule has 0 saturated heterocycles. The van der Waals surface area contributed by atoms with Crippen molar-refractivity contribution in [2.75, 3.05) is 0 Å². The first kappa shape index (κ1) is 31.6. The van der Waals surface area contributed by atoms with Crippen LogP contribution in [0.4, 0.5) is 0 Å². The fourth-order valence-electron chi connectivity index (χ4n) is 5.50. The molecule has 0 spiro atoms. The fraction of sp³-hybridized carbons (Fsp3) is 0.268. The van der Waals surface area contributed by atoms with E-state index in [0.29, 0.717) is 0 Å². The molecule has 6 rings (SSSR count). The summed E-state index contributed by atoms with van der Waals surface area (Å²) in [5.41, 5.74) is 14.6. The highest BCUT2D eigenvalue weighted by molar-refractivity contribution is 5.81. The van der Waals surface area contributed by atoms with Crippen LogP contribution in [0.25, 0.3) is 44.5 Å². The summed E-state index contributed by atoms with van der Waals surface area (Å²) < 4.78 is 0. The van der Waals surface area contributed by atoms with Crippen LogP contribution in [-0.2, 0) is 0 Å². The van der Waals surface area contributed by atoms with E-state index in [1.807, 2.05) is 27.7 Å². The standard InChI is InChI=1S/C36H32.2C2H6.CH4/c1-25-13-15-27(16-14-25)28-17-19-29(20-18-28)30-21-23-32(24-22-30)33-11-6-12-34(26(33)2)36-10-4-3-9-35(36)31-7-5-8-31;2*1-2;/h3-4,6,9-24,31H,5,7-8H2,1-2H3;2*1-2H3;1H4. The first-order valence-corrected chi connectivity index (χ1v) is 15.1. The van der Waals surface area contributed by atoms with Gasteiger partial charge in [0, 0.05) is 0 Å². The largest absolute Gasteiger partial charge is 0.0776 e. The van der Waals surface area contributed by atoms with Crippen molar-refractivity contribution in [2.24, 2.45) is 0 Å². The lowest BCUT2D eigenvalue weighted by Crippen LogP contribution is -2.10. The molecule has 1 fully saturated rings. The molecule has 5 aromatic carbocycles. The van der Waals surface area contributed by atoms with Gasteiger partial charge in [0.15, 0.2) is 0 Å². The first-order chi connectivity index (χ1) is 19.7. The highest BCUT2D eigenvalue weighted by Crippen LogP contribution is 2.43. The molecule has 0 N–H and O–H groups in total. The molecule has 0 atom stereocenters. The molecule has 41 heavy (non-hydrogen) atoms. The molecule has 0 heteroatoms. The molecule has 1 aliphatic carbocycles. The minimum Gasteiger partial charge on any atom is -0.0776 e. The average Bonchev–Trinajstić information content (AvgIpc) is 3.00. The topological polar surface area (TPSA) is 0 Å². The van der Waals surface area contributed by atoms with Gasteiger partial charge in [0.2, 0.25) is 0 Å². The van der Waals surface area contributed by atoms with E-state index in [1.165, 1.54) is 80.5 Å². The Morgan fingerprint density at radius 1 is 0.439 bits per heavy atom. The molecule has 0 aromatic heterocycles. The van der Waals surface area contributed by atoms with Crippen molar-refractivity contribution >= 4 is 0 Å². The molecule has 1 aliphatic rings. The molecule has 212 valence electrons. The molecular weight excluding hydrogens is 492 g/mol. The van der Waals surface area contributed by atoms with Crippen molar-refractivity contribution in [3.63, 3.8) is 0 Å². The predicted molar refractivity (Wildman–Crippen MR) is 184 cm³/mol. The zero-order valence-corrected chi connectivity index (χ0v) is 25.2. The van der Waals surface area contributed by atoms with Crippen molar-refractivity contribution < 1.29 is 0 Å². The van der Waals surface area contributed by atoms with Gasteiger partial charge in [-0.3, -0.25) is 0 Å². The van der Waals surface area contributed by atoms with E-state index in [0.717, 1.165) is 5.92 Å². The van der Waals surface area contributed by atoms with Crippen LogP contribution in [0.3, 0.4) is 0 Å². The number of aryl methyl sites for hydroxylation is 1. The fourth-order valence-corrected chi connectivity index (χ4v) is 5.50. The van der Waals surface area contributed by atoms with Crippen molar-refractivity contribution in [3.8, 4) is 44.5 Å². The third kappa shape index (κ3) is 7.06. The Bertz CT molecular complexity index is 1480. The maximum absolute atomic E-state index is 2.34. The third-order valence-corrected chi connectivity index (χ3v) is 7.93. The van der Waals surface area contributed by atoms with Crippen LogP contribution in [0.15, 0.2) is 115 Å². The molecule has 0 radical (unpaired) electrons. The minimum absolute atomic E-state index is 0. The summed E-state index contributed by atoms with van der Waals surface area (Å²) in [5, 5.41) is 0. The maximum atomic E-state index is 2.34. The van der Waals surface area contributed by atoms with Gasteiger partial charge in [-0.05, 0) is 88.2 Å². The van der Waals surface area contributed by atoms with Gasteiger partial charge in [0.05, 0.1) is 0 Å². The molecule has 0 nitrogen and oxygen atoms in total. The van der Waals surface area contributed by atoms with Crippen LogP contribution in [-0.4, -0.2) is 0 Å². The van der Waals surface area contributed by atoms with Gasteiger partial charge >= 0.3 is 0 Å². The Kier molecular flexibility index (Phi) is 11.7. The quantitative estimate of drug-likeness (QED) is 0.208. The summed E-state index contributed by atoms with van der Waals surface area (Å²) >= 11 is 0. The van der Waals surface area contributed by atoms with Gasteiger partial charge in [0.25, 0.3) is 0 Å². The molecule has 5 aromatic rings. The predicted octanol–water partition coefficient (Wildman–Crippen LogP) is 12.9. The van der Waals surface area contributed by atoms with Gasteiger partial charge in [-0.2, -0.15) is 0 Å². The zero-order chi connectivity index (χ0) is 28.5. The van der Waals surface area contributed by atoms with Crippen molar-refractivity contribution in [1.82, 2.24) is 0 Å². The van der Waals surface area contributed by atoms with Crippen LogP contribution in [0.2, 0.25) is 0 Å². The van der Waals surface area contributed by atoms with Crippen LogP contribution in [0.1, 0.15) is 77.0 Å². The van der Waals surface area contributed by atoms with Crippen molar-refractivity contribution in [3.05, 3.63) is 132 Å². The van der Waals surface area contributed by atoms with Crippen LogP contribution in [0.5, 0.6) is 0 Å². The molecule has 0 unspecified atom stereocenters. The summed E-state index contributed by atoms with van der Waals surface area (Å²) in [7, 11) is 0. The average molecular weight is 541 g/mol. The SMILES string of the molecule is C.CC.CC.Cc1ccc(-c2ccc(-c3ccc(-c4cccc(-c5ccccc5C5CCC5)c4C)cc3)cc2)cc1. The van der Waals surface area contributed by atoms with Crippen molar-refractivity contribution in [1.29, 1.82) is 0 Å². The lowest BCUT2D eigenvalue weighted by Gasteiger charge is -2.28. The molecular formula is C41H48. The number of hydrogen-bond donors (Lipinski definition) is 0. The molecule has 0 bridgehead atoms. The molecule has 0 heterocycles. The van der Waals surface area contributed by atoms with E-state index in [9.17, 15) is 0 Å². The third-order valence-electron chi connectivity index (χ3n) is 7.93. The van der Waals surface area contributed by atoms with E-state index < -0.39 is 0 Å².